The van der Waals surface area contributed by atoms with Gasteiger partial charge in [-0.1, -0.05) is 12.1 Å². The van der Waals surface area contributed by atoms with E-state index < -0.39 is 0 Å². The zero-order valence-electron chi connectivity index (χ0n) is 13.3. The molecule has 1 aromatic carbocycles. The lowest BCUT2D eigenvalue weighted by atomic mass is 10.1. The van der Waals surface area contributed by atoms with Crippen molar-refractivity contribution in [2.45, 2.75) is 13.0 Å². The molecule has 0 aliphatic heterocycles. The highest BCUT2D eigenvalue weighted by Gasteiger charge is 2.11. The van der Waals surface area contributed by atoms with E-state index in [9.17, 15) is 4.79 Å². The summed E-state index contributed by atoms with van der Waals surface area (Å²) in [5, 5.41) is 2.92. The number of amides is 1. The Bertz CT molecular complexity index is 498. The summed E-state index contributed by atoms with van der Waals surface area (Å²) < 4.78 is 10.5. The Morgan fingerprint density at radius 2 is 1.95 bits per heavy atom. The lowest BCUT2D eigenvalue weighted by molar-refractivity contribution is -0.117. The fourth-order valence-corrected chi connectivity index (χ4v) is 1.84. The summed E-state index contributed by atoms with van der Waals surface area (Å²) in [5.41, 5.74) is 0.960. The van der Waals surface area contributed by atoms with E-state index in [1.807, 2.05) is 50.2 Å². The lowest BCUT2D eigenvalue weighted by Gasteiger charge is -2.15. The molecule has 116 valence electrons. The van der Waals surface area contributed by atoms with E-state index >= 15 is 0 Å². The van der Waals surface area contributed by atoms with Gasteiger partial charge in [-0.05, 0) is 38.7 Å². The second-order valence-corrected chi connectivity index (χ2v) is 5.01. The van der Waals surface area contributed by atoms with Gasteiger partial charge in [0, 0.05) is 12.6 Å². The van der Waals surface area contributed by atoms with Crippen LogP contribution in [0.5, 0.6) is 11.5 Å². The predicted octanol–water partition coefficient (Wildman–Crippen LogP) is 2.00. The number of methoxy groups -OCH3 is 2. The zero-order chi connectivity index (χ0) is 15.8. The number of nitrogens with zero attached hydrogens (tertiary/aromatic N) is 1. The van der Waals surface area contributed by atoms with E-state index in [-0.39, 0.29) is 11.9 Å². The van der Waals surface area contributed by atoms with E-state index in [1.54, 1.807) is 20.3 Å². The first kappa shape index (κ1) is 17.0. The molecule has 0 fully saturated rings. The molecule has 1 unspecified atom stereocenters. The van der Waals surface area contributed by atoms with Crippen molar-refractivity contribution in [3.63, 3.8) is 0 Å². The number of nitrogens with one attached hydrogen (secondary N) is 1. The summed E-state index contributed by atoms with van der Waals surface area (Å²) in [6.07, 6.45) is 3.38. The van der Waals surface area contributed by atoms with Crippen molar-refractivity contribution in [2.24, 2.45) is 0 Å². The zero-order valence-corrected chi connectivity index (χ0v) is 13.3. The number of hydrogen-bond donors (Lipinski definition) is 1. The molecular weight excluding hydrogens is 268 g/mol. The fourth-order valence-electron chi connectivity index (χ4n) is 1.84. The van der Waals surface area contributed by atoms with Crippen molar-refractivity contribution >= 4 is 5.91 Å². The van der Waals surface area contributed by atoms with Crippen LogP contribution in [-0.4, -0.2) is 45.7 Å². The van der Waals surface area contributed by atoms with E-state index in [4.69, 9.17) is 9.47 Å². The van der Waals surface area contributed by atoms with Gasteiger partial charge in [0.05, 0.1) is 20.3 Å². The molecule has 0 saturated carbocycles. The average Bonchev–Trinajstić information content (AvgIpc) is 2.45. The molecule has 1 amide bonds. The number of rotatable bonds is 7. The van der Waals surface area contributed by atoms with Gasteiger partial charge >= 0.3 is 0 Å². The van der Waals surface area contributed by atoms with Crippen LogP contribution in [0.1, 0.15) is 18.5 Å². The number of benzene rings is 1. The summed E-state index contributed by atoms with van der Waals surface area (Å²) in [5.74, 6) is 1.21. The van der Waals surface area contributed by atoms with Crippen LogP contribution in [0.4, 0.5) is 0 Å². The molecule has 1 rings (SSSR count). The quantitative estimate of drug-likeness (QED) is 0.781. The number of carbonyl (C=O) groups excluding carboxylic acids is 1. The summed E-state index contributed by atoms with van der Waals surface area (Å²) in [6, 6.07) is 5.50. The normalized spacial score (nSPS) is 12.5. The first-order valence-electron chi connectivity index (χ1n) is 6.81. The molecule has 1 aromatic rings. The topological polar surface area (TPSA) is 50.8 Å². The van der Waals surface area contributed by atoms with E-state index in [0.717, 1.165) is 12.1 Å². The molecule has 1 atom stereocenters. The Labute approximate surface area is 126 Å². The Hall–Kier alpha value is -2.01. The smallest absolute Gasteiger partial charge is 0.244 e. The molecule has 5 nitrogen and oxygen atoms in total. The molecular formula is C16H24N2O3. The maximum absolute atomic E-state index is 11.8. The molecule has 0 aliphatic carbocycles. The SMILES string of the molecule is COc1ccc(C(C)NC(=O)/C=C/CN(C)C)cc1OC. The number of hydrogen-bond acceptors (Lipinski definition) is 4. The summed E-state index contributed by atoms with van der Waals surface area (Å²) in [7, 11) is 7.09. The minimum atomic E-state index is -0.112. The van der Waals surface area contributed by atoms with Gasteiger partial charge in [-0.15, -0.1) is 0 Å². The van der Waals surface area contributed by atoms with Gasteiger partial charge in [0.15, 0.2) is 11.5 Å². The second kappa shape index (κ2) is 8.32. The van der Waals surface area contributed by atoms with Crippen LogP contribution in [0.2, 0.25) is 0 Å². The monoisotopic (exact) mass is 292 g/mol. The number of ether oxygens (including phenoxy) is 2. The summed E-state index contributed by atoms with van der Waals surface area (Å²) in [6.45, 7) is 2.66. The van der Waals surface area contributed by atoms with Gasteiger partial charge < -0.3 is 19.7 Å². The molecule has 0 saturated heterocycles. The van der Waals surface area contributed by atoms with Crippen LogP contribution in [0.25, 0.3) is 0 Å². The van der Waals surface area contributed by atoms with E-state index in [1.165, 1.54) is 0 Å². The third-order valence-corrected chi connectivity index (χ3v) is 3.01. The molecule has 21 heavy (non-hydrogen) atoms. The number of carbonyl (C=O) groups is 1. The van der Waals surface area contributed by atoms with Crippen molar-refractivity contribution in [1.29, 1.82) is 0 Å². The molecule has 0 heterocycles. The van der Waals surface area contributed by atoms with Gasteiger partial charge in [0.2, 0.25) is 5.91 Å². The molecule has 0 radical (unpaired) electrons. The highest BCUT2D eigenvalue weighted by atomic mass is 16.5. The van der Waals surface area contributed by atoms with Gasteiger partial charge in [0.1, 0.15) is 0 Å². The molecule has 1 N–H and O–H groups in total. The van der Waals surface area contributed by atoms with Crippen LogP contribution in [-0.2, 0) is 4.79 Å². The standard InChI is InChI=1S/C16H24N2O3/c1-12(17-16(19)7-6-10-18(2)3)13-8-9-14(20-4)15(11-13)21-5/h6-9,11-12H,10H2,1-5H3,(H,17,19)/b7-6+. The largest absolute Gasteiger partial charge is 0.493 e. The van der Waals surface area contributed by atoms with Crippen molar-refractivity contribution in [3.8, 4) is 11.5 Å². The minimum Gasteiger partial charge on any atom is -0.493 e. The third-order valence-electron chi connectivity index (χ3n) is 3.01. The Kier molecular flexibility index (Phi) is 6.75. The summed E-state index contributed by atoms with van der Waals surface area (Å²) >= 11 is 0. The van der Waals surface area contributed by atoms with Crippen LogP contribution in [0.3, 0.4) is 0 Å². The first-order valence-corrected chi connectivity index (χ1v) is 6.81. The van der Waals surface area contributed by atoms with Crippen molar-refractivity contribution < 1.29 is 14.3 Å². The molecule has 0 bridgehead atoms. The van der Waals surface area contributed by atoms with Crippen molar-refractivity contribution in [2.75, 3.05) is 34.9 Å². The highest BCUT2D eigenvalue weighted by molar-refractivity contribution is 5.87. The maximum atomic E-state index is 11.8. The third kappa shape index (κ3) is 5.47. The number of likely N-dealkylation sites (N-methyl/N-ethyl adjacent to an activating group) is 1. The van der Waals surface area contributed by atoms with Crippen molar-refractivity contribution in [3.05, 3.63) is 35.9 Å². The average molecular weight is 292 g/mol. The minimum absolute atomic E-state index is 0.110. The Balaban J connectivity index is 2.69. The highest BCUT2D eigenvalue weighted by Crippen LogP contribution is 2.29. The first-order chi connectivity index (χ1) is 9.97. The lowest BCUT2D eigenvalue weighted by Crippen LogP contribution is -2.25. The fraction of sp³-hybridized carbons (Fsp3) is 0.438. The van der Waals surface area contributed by atoms with Crippen LogP contribution >= 0.6 is 0 Å². The maximum Gasteiger partial charge on any atom is 0.244 e. The van der Waals surface area contributed by atoms with Crippen LogP contribution in [0.15, 0.2) is 30.4 Å². The van der Waals surface area contributed by atoms with Crippen LogP contribution in [0, 0.1) is 0 Å². The second-order valence-electron chi connectivity index (χ2n) is 5.01. The van der Waals surface area contributed by atoms with E-state index in [2.05, 4.69) is 5.32 Å². The van der Waals surface area contributed by atoms with Gasteiger partial charge in [0.25, 0.3) is 0 Å². The van der Waals surface area contributed by atoms with E-state index in [0.29, 0.717) is 11.5 Å². The van der Waals surface area contributed by atoms with Gasteiger partial charge in [-0.3, -0.25) is 4.79 Å². The van der Waals surface area contributed by atoms with Crippen molar-refractivity contribution in [1.82, 2.24) is 10.2 Å². The van der Waals surface area contributed by atoms with Gasteiger partial charge in [-0.2, -0.15) is 0 Å². The Morgan fingerprint density at radius 3 is 2.52 bits per heavy atom. The molecule has 0 aromatic heterocycles. The Morgan fingerprint density at radius 1 is 1.29 bits per heavy atom. The van der Waals surface area contributed by atoms with Crippen LogP contribution < -0.4 is 14.8 Å². The van der Waals surface area contributed by atoms with Gasteiger partial charge in [-0.25, -0.2) is 0 Å². The molecule has 0 aliphatic rings. The molecule has 5 heteroatoms. The summed E-state index contributed by atoms with van der Waals surface area (Å²) in [4.78, 5) is 13.8. The predicted molar refractivity (Wildman–Crippen MR) is 83.8 cm³/mol. The molecule has 0 spiro atoms.